The second kappa shape index (κ2) is 5.18. The molecule has 5 unspecified atom stereocenters. The molecular formula is C15H24O. The van der Waals surface area contributed by atoms with Gasteiger partial charge in [-0.25, -0.2) is 0 Å². The molecule has 0 aromatic heterocycles. The number of allylic oxidation sites excluding steroid dienone is 4. The zero-order valence-electron chi connectivity index (χ0n) is 10.7. The summed E-state index contributed by atoms with van der Waals surface area (Å²) in [6, 6.07) is 0. The fourth-order valence-corrected chi connectivity index (χ4v) is 2.50. The average Bonchev–Trinajstić information content (AvgIpc) is 3.01. The van der Waals surface area contributed by atoms with Gasteiger partial charge in [0.25, 0.3) is 0 Å². The smallest absolute Gasteiger partial charge is 0.0872 e. The summed E-state index contributed by atoms with van der Waals surface area (Å²) < 4.78 is 5.77. The van der Waals surface area contributed by atoms with Crippen LogP contribution in [-0.4, -0.2) is 12.2 Å². The van der Waals surface area contributed by atoms with Crippen molar-refractivity contribution in [3.63, 3.8) is 0 Å². The predicted octanol–water partition coefficient (Wildman–Crippen LogP) is 3.96. The highest BCUT2D eigenvalue weighted by Gasteiger charge is 2.43. The largest absolute Gasteiger partial charge is 0.369 e. The first-order valence-corrected chi connectivity index (χ1v) is 6.67. The molecule has 0 N–H and O–H groups in total. The van der Waals surface area contributed by atoms with E-state index < -0.39 is 0 Å². The summed E-state index contributed by atoms with van der Waals surface area (Å²) >= 11 is 0. The number of ether oxygens (including phenoxy) is 1. The first-order chi connectivity index (χ1) is 7.68. The van der Waals surface area contributed by atoms with E-state index in [1.807, 2.05) is 0 Å². The Hall–Kier alpha value is -0.560. The fourth-order valence-electron chi connectivity index (χ4n) is 2.50. The third-order valence-corrected chi connectivity index (χ3v) is 4.00. The van der Waals surface area contributed by atoms with Crippen molar-refractivity contribution >= 4 is 0 Å². The van der Waals surface area contributed by atoms with E-state index >= 15 is 0 Å². The van der Waals surface area contributed by atoms with Gasteiger partial charge in [0.05, 0.1) is 12.2 Å². The second-order valence-electron chi connectivity index (χ2n) is 5.50. The van der Waals surface area contributed by atoms with Crippen molar-refractivity contribution in [3.05, 3.63) is 24.3 Å². The molecular weight excluding hydrogens is 196 g/mol. The van der Waals surface area contributed by atoms with Gasteiger partial charge in [0.15, 0.2) is 0 Å². The van der Waals surface area contributed by atoms with Crippen LogP contribution in [-0.2, 0) is 4.74 Å². The lowest BCUT2D eigenvalue weighted by molar-refractivity contribution is 0.294. The minimum absolute atomic E-state index is 0.518. The monoisotopic (exact) mass is 220 g/mol. The quantitative estimate of drug-likeness (QED) is 0.445. The van der Waals surface area contributed by atoms with Crippen LogP contribution < -0.4 is 0 Å². The van der Waals surface area contributed by atoms with E-state index in [9.17, 15) is 0 Å². The summed E-state index contributed by atoms with van der Waals surface area (Å²) in [4.78, 5) is 0. The van der Waals surface area contributed by atoms with Crippen molar-refractivity contribution < 1.29 is 4.74 Å². The lowest BCUT2D eigenvalue weighted by Gasteiger charge is -2.14. The molecule has 2 aliphatic rings. The molecule has 1 heteroatoms. The van der Waals surface area contributed by atoms with Gasteiger partial charge < -0.3 is 4.74 Å². The molecule has 0 radical (unpaired) electrons. The van der Waals surface area contributed by atoms with Crippen molar-refractivity contribution in [2.24, 2.45) is 17.8 Å². The van der Waals surface area contributed by atoms with Gasteiger partial charge in [-0.2, -0.15) is 0 Å². The molecule has 1 aliphatic carbocycles. The van der Waals surface area contributed by atoms with Gasteiger partial charge in [0.1, 0.15) is 0 Å². The highest BCUT2D eigenvalue weighted by Crippen LogP contribution is 2.37. The summed E-state index contributed by atoms with van der Waals surface area (Å²) in [5.74, 6) is 1.99. The third-order valence-electron chi connectivity index (χ3n) is 4.00. The summed E-state index contributed by atoms with van der Waals surface area (Å²) in [7, 11) is 0. The van der Waals surface area contributed by atoms with Crippen LogP contribution in [0.2, 0.25) is 0 Å². The van der Waals surface area contributed by atoms with Crippen LogP contribution in [0.1, 0.15) is 40.0 Å². The molecule has 1 saturated heterocycles. The van der Waals surface area contributed by atoms with Crippen molar-refractivity contribution in [1.29, 1.82) is 0 Å². The molecule has 90 valence electrons. The Balaban J connectivity index is 1.99. The van der Waals surface area contributed by atoms with Crippen LogP contribution in [0.4, 0.5) is 0 Å². The normalized spacial score (nSPS) is 44.3. The van der Waals surface area contributed by atoms with Crippen molar-refractivity contribution in [3.8, 4) is 0 Å². The molecule has 0 aromatic rings. The molecule has 1 nitrogen and oxygen atoms in total. The highest BCUT2D eigenvalue weighted by molar-refractivity contribution is 5.01. The Labute approximate surface area is 99.6 Å². The Kier molecular flexibility index (Phi) is 3.86. The van der Waals surface area contributed by atoms with Crippen LogP contribution in [0, 0.1) is 17.8 Å². The van der Waals surface area contributed by atoms with Crippen molar-refractivity contribution in [1.82, 2.24) is 0 Å². The van der Waals surface area contributed by atoms with E-state index in [4.69, 9.17) is 4.74 Å². The second-order valence-corrected chi connectivity index (χ2v) is 5.50. The summed E-state index contributed by atoms with van der Waals surface area (Å²) in [6.45, 7) is 6.92. The molecule has 16 heavy (non-hydrogen) atoms. The molecule has 0 amide bonds. The molecule has 1 fully saturated rings. The van der Waals surface area contributed by atoms with Gasteiger partial charge in [-0.05, 0) is 37.0 Å². The Morgan fingerprint density at radius 3 is 2.69 bits per heavy atom. The lowest BCUT2D eigenvalue weighted by Crippen LogP contribution is -2.14. The zero-order chi connectivity index (χ0) is 11.5. The standard InChI is InChI=1S/C15H24O/c1-11-7-4-5-10-14-15(16-14)13(3)12(2)9-6-8-11/h4,6-7,9,11-15H,5,8,10H2,1-3H3. The maximum atomic E-state index is 5.77. The molecule has 5 atom stereocenters. The molecule has 1 heterocycles. The Bertz CT molecular complexity index is 279. The van der Waals surface area contributed by atoms with Crippen LogP contribution >= 0.6 is 0 Å². The maximum Gasteiger partial charge on any atom is 0.0872 e. The number of epoxide rings is 1. The van der Waals surface area contributed by atoms with Gasteiger partial charge in [-0.1, -0.05) is 45.1 Å². The van der Waals surface area contributed by atoms with E-state index in [2.05, 4.69) is 45.1 Å². The number of fused-ring (bicyclic) bond motifs is 1. The van der Waals surface area contributed by atoms with Gasteiger partial charge in [-0.3, -0.25) is 0 Å². The minimum atomic E-state index is 0.518. The molecule has 0 aromatic carbocycles. The summed E-state index contributed by atoms with van der Waals surface area (Å²) in [5, 5.41) is 0. The van der Waals surface area contributed by atoms with E-state index in [0.717, 1.165) is 0 Å². The Morgan fingerprint density at radius 2 is 1.88 bits per heavy atom. The van der Waals surface area contributed by atoms with Gasteiger partial charge in [0, 0.05) is 0 Å². The predicted molar refractivity (Wildman–Crippen MR) is 68.3 cm³/mol. The van der Waals surface area contributed by atoms with Crippen LogP contribution in [0.5, 0.6) is 0 Å². The average molecular weight is 220 g/mol. The van der Waals surface area contributed by atoms with Gasteiger partial charge >= 0.3 is 0 Å². The van der Waals surface area contributed by atoms with Crippen LogP contribution in [0.15, 0.2) is 24.3 Å². The van der Waals surface area contributed by atoms with Gasteiger partial charge in [-0.15, -0.1) is 0 Å². The van der Waals surface area contributed by atoms with Crippen LogP contribution in [0.3, 0.4) is 0 Å². The molecule has 1 aliphatic heterocycles. The van der Waals surface area contributed by atoms with E-state index in [1.165, 1.54) is 19.3 Å². The summed E-state index contributed by atoms with van der Waals surface area (Å²) in [5.41, 5.74) is 0. The molecule has 0 spiro atoms. The topological polar surface area (TPSA) is 12.5 Å². The van der Waals surface area contributed by atoms with Crippen LogP contribution in [0.25, 0.3) is 0 Å². The van der Waals surface area contributed by atoms with E-state index in [0.29, 0.717) is 30.0 Å². The van der Waals surface area contributed by atoms with Gasteiger partial charge in [0.2, 0.25) is 0 Å². The number of rotatable bonds is 0. The molecule has 0 bridgehead atoms. The zero-order valence-corrected chi connectivity index (χ0v) is 10.7. The number of hydrogen-bond donors (Lipinski definition) is 0. The first kappa shape index (κ1) is 11.9. The SMILES string of the molecule is CC1C=CCCC2OC2C(C)C(C)C=CC1. The van der Waals surface area contributed by atoms with E-state index in [-0.39, 0.29) is 0 Å². The number of hydrogen-bond acceptors (Lipinski definition) is 1. The highest BCUT2D eigenvalue weighted by atomic mass is 16.6. The molecule has 2 rings (SSSR count). The minimum Gasteiger partial charge on any atom is -0.369 e. The van der Waals surface area contributed by atoms with Crippen molar-refractivity contribution in [2.75, 3.05) is 0 Å². The molecule has 0 saturated carbocycles. The lowest BCUT2D eigenvalue weighted by atomic mass is 9.89. The first-order valence-electron chi connectivity index (χ1n) is 6.67. The Morgan fingerprint density at radius 1 is 1.06 bits per heavy atom. The summed E-state index contributed by atoms with van der Waals surface area (Å²) in [6.07, 6.45) is 14.0. The maximum absolute atomic E-state index is 5.77. The van der Waals surface area contributed by atoms with E-state index in [1.54, 1.807) is 0 Å². The third kappa shape index (κ3) is 2.98. The van der Waals surface area contributed by atoms with Crippen molar-refractivity contribution in [2.45, 2.75) is 52.2 Å². The fraction of sp³-hybridized carbons (Fsp3) is 0.733.